The van der Waals surface area contributed by atoms with Gasteiger partial charge in [-0.05, 0) is 65.6 Å². The highest BCUT2D eigenvalue weighted by Crippen LogP contribution is 2.23. The molecule has 0 saturated carbocycles. The first-order valence-corrected chi connectivity index (χ1v) is 10.7. The highest BCUT2D eigenvalue weighted by atomic mass is 79.9. The molecule has 0 unspecified atom stereocenters. The number of rotatable bonds is 6. The summed E-state index contributed by atoms with van der Waals surface area (Å²) in [5.41, 5.74) is 5.62. The van der Waals surface area contributed by atoms with E-state index >= 15 is 0 Å². The van der Waals surface area contributed by atoms with E-state index in [-0.39, 0.29) is 0 Å². The van der Waals surface area contributed by atoms with Crippen LogP contribution in [0.4, 0.5) is 0 Å². The van der Waals surface area contributed by atoms with Crippen molar-refractivity contribution in [1.29, 1.82) is 0 Å². The largest absolute Gasteiger partial charge is 0.300 e. The van der Waals surface area contributed by atoms with Crippen molar-refractivity contribution < 1.29 is 0 Å². The zero-order valence-electron chi connectivity index (χ0n) is 16.4. The predicted octanol–water partition coefficient (Wildman–Crippen LogP) is 5.47. The third-order valence-corrected chi connectivity index (χ3v) is 6.50. The molecule has 2 heterocycles. The molecule has 0 bridgehead atoms. The zero-order valence-corrected chi connectivity index (χ0v) is 18.8. The molecule has 5 nitrogen and oxygen atoms in total. The molecule has 1 N–H and O–H groups in total. The Bertz CT molecular complexity index is 1190. The van der Waals surface area contributed by atoms with Crippen molar-refractivity contribution >= 4 is 28.1 Å². The van der Waals surface area contributed by atoms with Gasteiger partial charge in [0.05, 0.1) is 22.4 Å². The van der Waals surface area contributed by atoms with Gasteiger partial charge in [-0.1, -0.05) is 48.5 Å². The maximum Gasteiger partial charge on any atom is 0.195 e. The highest BCUT2D eigenvalue weighted by Gasteiger charge is 2.12. The maximum absolute atomic E-state index is 5.49. The van der Waals surface area contributed by atoms with E-state index in [0.717, 1.165) is 40.2 Å². The monoisotopic (exact) mass is 467 g/mol. The van der Waals surface area contributed by atoms with Gasteiger partial charge in [0.25, 0.3) is 0 Å². The molecule has 0 fully saturated rings. The second kappa shape index (κ2) is 8.47. The van der Waals surface area contributed by atoms with Gasteiger partial charge in [-0.25, -0.2) is 0 Å². The van der Waals surface area contributed by atoms with Crippen LogP contribution in [-0.2, 0) is 19.5 Å². The van der Waals surface area contributed by atoms with Crippen LogP contribution in [0.1, 0.15) is 22.5 Å². The van der Waals surface area contributed by atoms with E-state index in [9.17, 15) is 0 Å². The molecule has 0 amide bonds. The molecule has 0 spiro atoms. The quantitative estimate of drug-likeness (QED) is 0.382. The predicted molar refractivity (Wildman–Crippen MR) is 121 cm³/mol. The SMILES string of the molecule is Cc1nn(Cc2cccc(-c3n[nH]c(=S)n3CCc3ccccc3)c2)c(C)c1Br. The molecule has 148 valence electrons. The summed E-state index contributed by atoms with van der Waals surface area (Å²) in [6.07, 6.45) is 0.904. The fraction of sp³-hybridized carbons (Fsp3) is 0.227. The van der Waals surface area contributed by atoms with Crippen molar-refractivity contribution in [3.8, 4) is 11.4 Å². The molecule has 0 aliphatic heterocycles. The molecule has 4 aromatic rings. The zero-order chi connectivity index (χ0) is 20.4. The molecule has 0 saturated heterocycles. The molecular weight excluding hydrogens is 446 g/mol. The smallest absolute Gasteiger partial charge is 0.195 e. The summed E-state index contributed by atoms with van der Waals surface area (Å²) in [7, 11) is 0. The Labute approximate surface area is 183 Å². The van der Waals surface area contributed by atoms with Crippen LogP contribution in [0.3, 0.4) is 0 Å². The number of hydrogen-bond donors (Lipinski definition) is 1. The van der Waals surface area contributed by atoms with E-state index in [1.165, 1.54) is 11.1 Å². The van der Waals surface area contributed by atoms with Crippen molar-refractivity contribution in [2.45, 2.75) is 33.4 Å². The van der Waals surface area contributed by atoms with E-state index in [1.54, 1.807) is 0 Å². The number of aromatic amines is 1. The average Bonchev–Trinajstić information content (AvgIpc) is 3.22. The number of halogens is 1. The van der Waals surface area contributed by atoms with Crippen LogP contribution in [0.2, 0.25) is 0 Å². The topological polar surface area (TPSA) is 51.4 Å². The Morgan fingerprint density at radius 2 is 1.79 bits per heavy atom. The van der Waals surface area contributed by atoms with Crippen LogP contribution in [-0.4, -0.2) is 24.5 Å². The summed E-state index contributed by atoms with van der Waals surface area (Å²) in [4.78, 5) is 0. The van der Waals surface area contributed by atoms with Crippen molar-refractivity contribution in [2.75, 3.05) is 0 Å². The van der Waals surface area contributed by atoms with Gasteiger partial charge in [0, 0.05) is 12.1 Å². The van der Waals surface area contributed by atoms with Crippen molar-refractivity contribution in [2.24, 2.45) is 0 Å². The molecule has 0 radical (unpaired) electrons. The second-order valence-corrected chi connectivity index (χ2v) is 8.26. The molecule has 7 heteroatoms. The number of H-pyrrole nitrogens is 1. The van der Waals surface area contributed by atoms with Gasteiger partial charge in [0.1, 0.15) is 0 Å². The van der Waals surface area contributed by atoms with Crippen molar-refractivity contribution in [3.05, 3.63) is 86.4 Å². The van der Waals surface area contributed by atoms with Gasteiger partial charge in [0.15, 0.2) is 10.6 Å². The first-order valence-electron chi connectivity index (χ1n) is 9.51. The molecule has 2 aromatic heterocycles. The van der Waals surface area contributed by atoms with Gasteiger partial charge in [-0.2, -0.15) is 10.2 Å². The van der Waals surface area contributed by atoms with Crippen molar-refractivity contribution in [1.82, 2.24) is 24.5 Å². The fourth-order valence-electron chi connectivity index (χ4n) is 3.44. The summed E-state index contributed by atoms with van der Waals surface area (Å²) in [6, 6.07) is 18.8. The Hall–Kier alpha value is -2.51. The van der Waals surface area contributed by atoms with Crippen LogP contribution >= 0.6 is 28.1 Å². The van der Waals surface area contributed by atoms with E-state index in [0.29, 0.717) is 11.3 Å². The first kappa shape index (κ1) is 19.8. The number of benzene rings is 2. The Balaban J connectivity index is 1.60. The normalized spacial score (nSPS) is 11.1. The van der Waals surface area contributed by atoms with E-state index in [2.05, 4.69) is 91.2 Å². The van der Waals surface area contributed by atoms with Gasteiger partial charge >= 0.3 is 0 Å². The second-order valence-electron chi connectivity index (χ2n) is 7.08. The van der Waals surface area contributed by atoms with E-state index < -0.39 is 0 Å². The lowest BCUT2D eigenvalue weighted by Crippen LogP contribution is -2.06. The lowest BCUT2D eigenvalue weighted by Gasteiger charge is -2.09. The minimum Gasteiger partial charge on any atom is -0.300 e. The third-order valence-electron chi connectivity index (χ3n) is 5.04. The maximum atomic E-state index is 5.49. The summed E-state index contributed by atoms with van der Waals surface area (Å²) in [5.74, 6) is 0.863. The molecular formula is C22H22BrN5S. The molecule has 0 aliphatic carbocycles. The first-order chi connectivity index (χ1) is 14.0. The van der Waals surface area contributed by atoms with Gasteiger partial charge < -0.3 is 0 Å². The number of nitrogens with one attached hydrogen (secondary N) is 1. The van der Waals surface area contributed by atoms with Crippen LogP contribution < -0.4 is 0 Å². The number of nitrogens with zero attached hydrogens (tertiary/aromatic N) is 4. The Morgan fingerprint density at radius 3 is 2.52 bits per heavy atom. The van der Waals surface area contributed by atoms with Crippen LogP contribution in [0.25, 0.3) is 11.4 Å². The summed E-state index contributed by atoms with van der Waals surface area (Å²) >= 11 is 9.09. The number of hydrogen-bond acceptors (Lipinski definition) is 3. The third kappa shape index (κ3) is 4.26. The van der Waals surface area contributed by atoms with Crippen molar-refractivity contribution in [3.63, 3.8) is 0 Å². The molecule has 29 heavy (non-hydrogen) atoms. The molecule has 4 rings (SSSR count). The summed E-state index contributed by atoms with van der Waals surface area (Å²) in [6.45, 7) is 5.57. The number of aromatic nitrogens is 5. The Kier molecular flexibility index (Phi) is 5.78. The molecule has 2 aromatic carbocycles. The summed E-state index contributed by atoms with van der Waals surface area (Å²) in [5, 5.41) is 12.1. The standard InChI is InChI=1S/C22H22BrN5S/c1-15-20(23)16(2)28(26-15)14-18-9-6-10-19(13-18)21-24-25-22(29)27(21)12-11-17-7-4-3-5-8-17/h3-10,13H,11-12,14H2,1-2H3,(H,25,29). The van der Waals surface area contributed by atoms with Crippen LogP contribution in [0, 0.1) is 18.6 Å². The summed E-state index contributed by atoms with van der Waals surface area (Å²) < 4.78 is 5.80. The minimum atomic E-state index is 0.642. The van der Waals surface area contributed by atoms with Crippen LogP contribution in [0.15, 0.2) is 59.1 Å². The Morgan fingerprint density at radius 1 is 1.03 bits per heavy atom. The van der Waals surface area contributed by atoms with E-state index in [1.807, 2.05) is 17.7 Å². The highest BCUT2D eigenvalue weighted by molar-refractivity contribution is 9.10. The van der Waals surface area contributed by atoms with Gasteiger partial charge in [-0.15, -0.1) is 0 Å². The minimum absolute atomic E-state index is 0.642. The molecule has 0 aliphatic rings. The lowest BCUT2D eigenvalue weighted by molar-refractivity contribution is 0.658. The van der Waals surface area contributed by atoms with Crippen LogP contribution in [0.5, 0.6) is 0 Å². The fourth-order valence-corrected chi connectivity index (χ4v) is 3.95. The van der Waals surface area contributed by atoms with Gasteiger partial charge in [0.2, 0.25) is 0 Å². The average molecular weight is 468 g/mol. The van der Waals surface area contributed by atoms with Gasteiger partial charge in [-0.3, -0.25) is 14.3 Å². The van der Waals surface area contributed by atoms with E-state index in [4.69, 9.17) is 12.2 Å². The lowest BCUT2D eigenvalue weighted by atomic mass is 10.1. The molecule has 0 atom stereocenters. The number of aryl methyl sites for hydroxylation is 2.